The van der Waals surface area contributed by atoms with E-state index in [4.69, 9.17) is 4.74 Å². The normalized spacial score (nSPS) is 18.5. The molecule has 2 aromatic rings. The Morgan fingerprint density at radius 2 is 2.11 bits per heavy atom. The number of pyridine rings is 1. The average molecular weight is 392 g/mol. The Morgan fingerprint density at radius 3 is 2.74 bits per heavy atom. The number of aryl methyl sites for hydroxylation is 1. The van der Waals surface area contributed by atoms with E-state index in [2.05, 4.69) is 4.98 Å². The van der Waals surface area contributed by atoms with Gasteiger partial charge in [0.2, 0.25) is 5.91 Å². The number of H-pyrrole nitrogens is 1. The fraction of sp³-hybridized carbons (Fsp3) is 0.474. The lowest BCUT2D eigenvalue weighted by Crippen LogP contribution is -2.41. The zero-order valence-corrected chi connectivity index (χ0v) is 16.3. The number of aromatic nitrogens is 1. The van der Waals surface area contributed by atoms with Gasteiger partial charge in [-0.05, 0) is 43.4 Å². The third-order valence-electron chi connectivity index (χ3n) is 5.05. The molecule has 1 amide bonds. The molecule has 1 atom stereocenters. The van der Waals surface area contributed by atoms with Gasteiger partial charge in [-0.15, -0.1) is 0 Å². The second-order valence-electron chi connectivity index (χ2n) is 6.81. The first kappa shape index (κ1) is 19.4. The summed E-state index contributed by atoms with van der Waals surface area (Å²) >= 11 is 0. The highest BCUT2D eigenvalue weighted by molar-refractivity contribution is 7.91. The highest BCUT2D eigenvalue weighted by Gasteiger charge is 2.33. The number of carbonyl (C=O) groups excluding carboxylic acids is 1. The van der Waals surface area contributed by atoms with E-state index in [0.717, 1.165) is 5.39 Å². The molecule has 0 bridgehead atoms. The number of amides is 1. The van der Waals surface area contributed by atoms with Gasteiger partial charge in [0.25, 0.3) is 5.56 Å². The molecule has 1 aliphatic rings. The maximum absolute atomic E-state index is 12.6. The van der Waals surface area contributed by atoms with Gasteiger partial charge in [0, 0.05) is 30.6 Å². The van der Waals surface area contributed by atoms with E-state index in [-0.39, 0.29) is 35.4 Å². The van der Waals surface area contributed by atoms with Crippen molar-refractivity contribution in [3.8, 4) is 5.75 Å². The summed E-state index contributed by atoms with van der Waals surface area (Å²) in [4.78, 5) is 29.4. The highest BCUT2D eigenvalue weighted by Crippen LogP contribution is 2.20. The van der Waals surface area contributed by atoms with E-state index >= 15 is 0 Å². The van der Waals surface area contributed by atoms with Crippen LogP contribution in [0.4, 0.5) is 0 Å². The number of benzene rings is 1. The van der Waals surface area contributed by atoms with Crippen LogP contribution in [0.5, 0.6) is 5.75 Å². The minimum absolute atomic E-state index is 0.0327. The number of sulfone groups is 1. The fourth-order valence-electron chi connectivity index (χ4n) is 3.58. The lowest BCUT2D eigenvalue weighted by atomic mass is 10.1. The number of nitrogens with zero attached hydrogens (tertiary/aromatic N) is 1. The number of aromatic amines is 1. The average Bonchev–Trinajstić information content (AvgIpc) is 2.99. The zero-order valence-electron chi connectivity index (χ0n) is 15.5. The van der Waals surface area contributed by atoms with Crippen LogP contribution in [-0.4, -0.2) is 55.4 Å². The molecule has 0 radical (unpaired) electrons. The van der Waals surface area contributed by atoms with Crippen LogP contribution in [0.3, 0.4) is 0 Å². The first-order valence-electron chi connectivity index (χ1n) is 9.03. The van der Waals surface area contributed by atoms with E-state index in [9.17, 15) is 18.0 Å². The van der Waals surface area contributed by atoms with Crippen molar-refractivity contribution in [3.63, 3.8) is 0 Å². The van der Waals surface area contributed by atoms with Crippen molar-refractivity contribution in [3.05, 3.63) is 40.2 Å². The van der Waals surface area contributed by atoms with E-state index in [1.54, 1.807) is 24.1 Å². The molecule has 1 aromatic carbocycles. The summed E-state index contributed by atoms with van der Waals surface area (Å²) in [6.45, 7) is 2.31. The number of ether oxygens (including phenoxy) is 1. The maximum atomic E-state index is 12.6. The van der Waals surface area contributed by atoms with Crippen molar-refractivity contribution in [2.45, 2.75) is 32.2 Å². The molecule has 27 heavy (non-hydrogen) atoms. The molecule has 1 fully saturated rings. The molecule has 7 nitrogen and oxygen atoms in total. The molecular formula is C19H24N2O5S. The molecular weight excluding hydrogens is 368 g/mol. The molecule has 1 aliphatic heterocycles. The Morgan fingerprint density at radius 1 is 1.33 bits per heavy atom. The Labute approximate surface area is 158 Å². The largest absolute Gasteiger partial charge is 0.497 e. The Bertz CT molecular complexity index is 1010. The third-order valence-corrected chi connectivity index (χ3v) is 6.80. The molecule has 1 saturated heterocycles. The van der Waals surface area contributed by atoms with Gasteiger partial charge in [-0.25, -0.2) is 8.42 Å². The Kier molecular flexibility index (Phi) is 5.55. The standard InChI is InChI=1S/C19H24N2O5S/c1-3-21(15-8-9-27(24,25)12-15)18(22)7-5-14-10-13-4-6-16(26-2)11-17(13)20-19(14)23/h4,6,10-11,15H,3,5,7-9,12H2,1-2H3,(H,20,23). The number of fused-ring (bicyclic) bond motifs is 1. The number of hydrogen-bond donors (Lipinski definition) is 1. The molecule has 0 spiro atoms. The van der Waals surface area contributed by atoms with E-state index in [0.29, 0.717) is 36.2 Å². The van der Waals surface area contributed by atoms with Crippen LogP contribution in [0.15, 0.2) is 29.1 Å². The van der Waals surface area contributed by atoms with E-state index in [1.807, 2.05) is 19.1 Å². The molecule has 2 heterocycles. The summed E-state index contributed by atoms with van der Waals surface area (Å²) in [5.74, 6) is 0.709. The van der Waals surface area contributed by atoms with Gasteiger partial charge in [-0.2, -0.15) is 0 Å². The number of carbonyl (C=O) groups is 1. The molecule has 1 aromatic heterocycles. The number of rotatable bonds is 6. The van der Waals surface area contributed by atoms with Crippen molar-refractivity contribution in [1.29, 1.82) is 0 Å². The number of hydrogen-bond acceptors (Lipinski definition) is 5. The summed E-state index contributed by atoms with van der Waals surface area (Å²) in [6, 6.07) is 6.96. The van der Waals surface area contributed by atoms with Crippen LogP contribution in [0.25, 0.3) is 10.9 Å². The van der Waals surface area contributed by atoms with Gasteiger partial charge in [-0.1, -0.05) is 0 Å². The second kappa shape index (κ2) is 7.72. The highest BCUT2D eigenvalue weighted by atomic mass is 32.2. The fourth-order valence-corrected chi connectivity index (χ4v) is 5.31. The van der Waals surface area contributed by atoms with Crippen molar-refractivity contribution in [1.82, 2.24) is 9.88 Å². The van der Waals surface area contributed by atoms with Gasteiger partial charge < -0.3 is 14.6 Å². The van der Waals surface area contributed by atoms with Crippen molar-refractivity contribution >= 4 is 26.6 Å². The summed E-state index contributed by atoms with van der Waals surface area (Å²) in [6.07, 6.45) is 0.974. The SMILES string of the molecule is CCN(C(=O)CCc1cc2ccc(OC)cc2[nH]c1=O)C1CCS(=O)(=O)C1. The van der Waals surface area contributed by atoms with Crippen molar-refractivity contribution in [2.75, 3.05) is 25.2 Å². The monoisotopic (exact) mass is 392 g/mol. The van der Waals surface area contributed by atoms with Crippen LogP contribution in [0.1, 0.15) is 25.3 Å². The molecule has 0 saturated carbocycles. The quantitative estimate of drug-likeness (QED) is 0.804. The summed E-state index contributed by atoms with van der Waals surface area (Å²) in [5.41, 5.74) is 0.993. The van der Waals surface area contributed by atoms with Crippen LogP contribution in [-0.2, 0) is 21.1 Å². The summed E-state index contributed by atoms with van der Waals surface area (Å²) in [7, 11) is -1.48. The molecule has 3 rings (SSSR count). The van der Waals surface area contributed by atoms with Gasteiger partial charge in [0.15, 0.2) is 9.84 Å². The summed E-state index contributed by atoms with van der Waals surface area (Å²) in [5, 5.41) is 0.868. The van der Waals surface area contributed by atoms with Gasteiger partial charge in [0.05, 0.1) is 24.1 Å². The van der Waals surface area contributed by atoms with Crippen LogP contribution in [0.2, 0.25) is 0 Å². The van der Waals surface area contributed by atoms with Gasteiger partial charge in [-0.3, -0.25) is 9.59 Å². The van der Waals surface area contributed by atoms with Crippen molar-refractivity contribution < 1.29 is 17.9 Å². The minimum Gasteiger partial charge on any atom is -0.497 e. The van der Waals surface area contributed by atoms with Crippen LogP contribution < -0.4 is 10.3 Å². The smallest absolute Gasteiger partial charge is 0.251 e. The first-order valence-corrected chi connectivity index (χ1v) is 10.8. The number of nitrogens with one attached hydrogen (secondary N) is 1. The maximum Gasteiger partial charge on any atom is 0.251 e. The first-order chi connectivity index (χ1) is 12.8. The molecule has 146 valence electrons. The number of methoxy groups -OCH3 is 1. The predicted molar refractivity (Wildman–Crippen MR) is 104 cm³/mol. The van der Waals surface area contributed by atoms with Crippen LogP contribution in [0, 0.1) is 0 Å². The zero-order chi connectivity index (χ0) is 19.6. The van der Waals surface area contributed by atoms with Gasteiger partial charge in [0.1, 0.15) is 5.75 Å². The van der Waals surface area contributed by atoms with E-state index in [1.165, 1.54) is 0 Å². The summed E-state index contributed by atoms with van der Waals surface area (Å²) < 4.78 is 28.5. The third kappa shape index (κ3) is 4.32. The lowest BCUT2D eigenvalue weighted by Gasteiger charge is -2.26. The molecule has 1 N–H and O–H groups in total. The second-order valence-corrected chi connectivity index (χ2v) is 9.04. The molecule has 1 unspecified atom stereocenters. The minimum atomic E-state index is -3.05. The Balaban J connectivity index is 1.72. The lowest BCUT2D eigenvalue weighted by molar-refractivity contribution is -0.132. The molecule has 0 aliphatic carbocycles. The molecule has 8 heteroatoms. The topological polar surface area (TPSA) is 96.5 Å². The van der Waals surface area contributed by atoms with Crippen molar-refractivity contribution in [2.24, 2.45) is 0 Å². The Hall–Kier alpha value is -2.35. The van der Waals surface area contributed by atoms with Gasteiger partial charge >= 0.3 is 0 Å². The predicted octanol–water partition coefficient (Wildman–Crippen LogP) is 1.50. The van der Waals surface area contributed by atoms with E-state index < -0.39 is 9.84 Å². The van der Waals surface area contributed by atoms with Crippen LogP contribution >= 0.6 is 0 Å².